The molecule has 32 heavy (non-hydrogen) atoms. The van der Waals surface area contributed by atoms with E-state index in [1.165, 1.54) is 13.2 Å². The molecule has 0 saturated heterocycles. The van der Waals surface area contributed by atoms with E-state index in [0.29, 0.717) is 22.7 Å². The Labute approximate surface area is 186 Å². The van der Waals surface area contributed by atoms with Gasteiger partial charge < -0.3 is 20.1 Å². The molecule has 3 rings (SSSR count). The number of aryl methyl sites for hydroxylation is 2. The third-order valence-electron chi connectivity index (χ3n) is 4.64. The highest BCUT2D eigenvalue weighted by Crippen LogP contribution is 2.25. The molecule has 0 spiro atoms. The molecule has 0 bridgehead atoms. The van der Waals surface area contributed by atoms with E-state index in [1.54, 1.807) is 48.5 Å². The smallest absolute Gasteiger partial charge is 0.340 e. The van der Waals surface area contributed by atoms with Gasteiger partial charge in [0, 0.05) is 5.56 Å². The van der Waals surface area contributed by atoms with Gasteiger partial charge in [-0.25, -0.2) is 4.79 Å². The molecule has 0 saturated carbocycles. The third-order valence-corrected chi connectivity index (χ3v) is 4.64. The quantitative estimate of drug-likeness (QED) is 0.541. The number of rotatable bonds is 7. The van der Waals surface area contributed by atoms with Crippen LogP contribution in [0.25, 0.3) is 0 Å². The third kappa shape index (κ3) is 5.72. The average Bonchev–Trinajstić information content (AvgIpc) is 2.78. The van der Waals surface area contributed by atoms with Crippen molar-refractivity contribution in [1.82, 2.24) is 0 Å². The van der Waals surface area contributed by atoms with Gasteiger partial charge >= 0.3 is 5.97 Å². The molecule has 0 unspecified atom stereocenters. The number of esters is 1. The summed E-state index contributed by atoms with van der Waals surface area (Å²) in [6.07, 6.45) is 0. The fourth-order valence-electron chi connectivity index (χ4n) is 3.07. The van der Waals surface area contributed by atoms with E-state index in [4.69, 9.17) is 9.47 Å². The van der Waals surface area contributed by atoms with Gasteiger partial charge in [0.2, 0.25) is 0 Å². The monoisotopic (exact) mass is 432 g/mol. The van der Waals surface area contributed by atoms with Crippen LogP contribution in [-0.4, -0.2) is 31.5 Å². The minimum absolute atomic E-state index is 0.148. The Morgan fingerprint density at radius 1 is 0.812 bits per heavy atom. The van der Waals surface area contributed by atoms with Crippen LogP contribution in [0.1, 0.15) is 31.8 Å². The lowest BCUT2D eigenvalue weighted by molar-refractivity contribution is -0.119. The summed E-state index contributed by atoms with van der Waals surface area (Å²) in [6, 6.07) is 18.9. The topological polar surface area (TPSA) is 93.7 Å². The number of nitrogens with one attached hydrogen (secondary N) is 2. The van der Waals surface area contributed by atoms with Gasteiger partial charge in [0.15, 0.2) is 6.61 Å². The number of hydrogen-bond donors (Lipinski definition) is 2. The Balaban J connectivity index is 1.65. The first-order chi connectivity index (χ1) is 15.4. The van der Waals surface area contributed by atoms with Crippen LogP contribution in [0.3, 0.4) is 0 Å². The van der Waals surface area contributed by atoms with Crippen LogP contribution in [0.2, 0.25) is 0 Å². The summed E-state index contributed by atoms with van der Waals surface area (Å²) in [5, 5.41) is 5.40. The molecule has 7 nitrogen and oxygen atoms in total. The Morgan fingerprint density at radius 3 is 2.31 bits per heavy atom. The van der Waals surface area contributed by atoms with Gasteiger partial charge in [0.1, 0.15) is 5.75 Å². The summed E-state index contributed by atoms with van der Waals surface area (Å²) < 4.78 is 10.4. The number of hydrogen-bond acceptors (Lipinski definition) is 5. The number of benzene rings is 3. The highest BCUT2D eigenvalue weighted by atomic mass is 16.5. The van der Waals surface area contributed by atoms with Crippen LogP contribution in [0.4, 0.5) is 11.4 Å². The van der Waals surface area contributed by atoms with Gasteiger partial charge in [0.25, 0.3) is 11.8 Å². The molecule has 7 heteroatoms. The lowest BCUT2D eigenvalue weighted by atomic mass is 10.1. The van der Waals surface area contributed by atoms with E-state index in [9.17, 15) is 14.4 Å². The minimum atomic E-state index is -0.725. The highest BCUT2D eigenvalue weighted by molar-refractivity contribution is 6.08. The van der Waals surface area contributed by atoms with Crippen LogP contribution < -0.4 is 15.4 Å². The van der Waals surface area contributed by atoms with E-state index in [0.717, 1.165) is 11.1 Å². The zero-order valence-electron chi connectivity index (χ0n) is 18.1. The normalized spacial score (nSPS) is 10.2. The van der Waals surface area contributed by atoms with E-state index >= 15 is 0 Å². The number of amides is 2. The number of anilines is 2. The second-order valence-electron chi connectivity index (χ2n) is 7.20. The molecule has 0 aromatic heterocycles. The number of carbonyl (C=O) groups is 3. The van der Waals surface area contributed by atoms with Crippen molar-refractivity contribution in [2.75, 3.05) is 24.4 Å². The SMILES string of the molecule is COc1ccc(C)cc1NC(=O)COC(=O)c1ccccc1NC(=O)c1cccc(C)c1. The molecule has 0 atom stereocenters. The Hall–Kier alpha value is -4.13. The van der Waals surface area contributed by atoms with Crippen LogP contribution >= 0.6 is 0 Å². The van der Waals surface area contributed by atoms with E-state index < -0.39 is 18.5 Å². The van der Waals surface area contributed by atoms with Crippen molar-refractivity contribution in [3.05, 3.63) is 89.0 Å². The van der Waals surface area contributed by atoms with Crippen LogP contribution in [-0.2, 0) is 9.53 Å². The zero-order valence-corrected chi connectivity index (χ0v) is 18.1. The molecule has 0 aliphatic carbocycles. The molecule has 0 fully saturated rings. The number of carbonyl (C=O) groups excluding carboxylic acids is 3. The summed E-state index contributed by atoms with van der Waals surface area (Å²) in [4.78, 5) is 37.4. The van der Waals surface area contributed by atoms with Crippen LogP contribution in [0, 0.1) is 13.8 Å². The van der Waals surface area contributed by atoms with E-state index in [1.807, 2.05) is 26.0 Å². The van der Waals surface area contributed by atoms with E-state index in [-0.39, 0.29) is 11.5 Å². The number of ether oxygens (including phenoxy) is 2. The Morgan fingerprint density at radius 2 is 1.56 bits per heavy atom. The highest BCUT2D eigenvalue weighted by Gasteiger charge is 2.17. The zero-order chi connectivity index (χ0) is 23.1. The first kappa shape index (κ1) is 22.6. The molecule has 164 valence electrons. The predicted molar refractivity (Wildman–Crippen MR) is 122 cm³/mol. The summed E-state index contributed by atoms with van der Waals surface area (Å²) in [6.45, 7) is 3.28. The Bertz CT molecular complexity index is 1160. The second kappa shape index (κ2) is 10.3. The first-order valence-corrected chi connectivity index (χ1v) is 9.96. The van der Waals surface area contributed by atoms with Crippen molar-refractivity contribution >= 4 is 29.2 Å². The maximum absolute atomic E-state index is 12.6. The van der Waals surface area contributed by atoms with Crippen molar-refractivity contribution in [2.24, 2.45) is 0 Å². The minimum Gasteiger partial charge on any atom is -0.495 e. The van der Waals surface area contributed by atoms with Crippen LogP contribution in [0.5, 0.6) is 5.75 Å². The fourth-order valence-corrected chi connectivity index (χ4v) is 3.07. The molecule has 3 aromatic carbocycles. The molecule has 0 heterocycles. The lowest BCUT2D eigenvalue weighted by Gasteiger charge is -2.13. The number of para-hydroxylation sites is 1. The second-order valence-corrected chi connectivity index (χ2v) is 7.20. The summed E-state index contributed by atoms with van der Waals surface area (Å²) in [5.74, 6) is -1.09. The molecular formula is C25H24N2O5. The van der Waals surface area contributed by atoms with E-state index in [2.05, 4.69) is 10.6 Å². The summed E-state index contributed by atoms with van der Waals surface area (Å²) in [5.41, 5.74) is 3.29. The Kier molecular flexibility index (Phi) is 7.23. The van der Waals surface area contributed by atoms with Gasteiger partial charge in [-0.05, 0) is 55.8 Å². The van der Waals surface area contributed by atoms with Crippen molar-refractivity contribution < 1.29 is 23.9 Å². The summed E-state index contributed by atoms with van der Waals surface area (Å²) >= 11 is 0. The lowest BCUT2D eigenvalue weighted by Crippen LogP contribution is -2.22. The van der Waals surface area contributed by atoms with Crippen molar-refractivity contribution in [2.45, 2.75) is 13.8 Å². The predicted octanol–water partition coefficient (Wildman–Crippen LogP) is 4.36. The molecule has 2 amide bonds. The molecule has 3 aromatic rings. The van der Waals surface area contributed by atoms with Crippen LogP contribution in [0.15, 0.2) is 66.7 Å². The van der Waals surface area contributed by atoms with Gasteiger partial charge in [-0.1, -0.05) is 35.9 Å². The standard InChI is InChI=1S/C25H24N2O5/c1-16-7-6-8-18(13-16)24(29)27-20-10-5-4-9-19(20)25(30)32-15-23(28)26-21-14-17(2)11-12-22(21)31-3/h4-14H,15H2,1-3H3,(H,26,28)(H,27,29). The molecule has 2 N–H and O–H groups in total. The molecule has 0 aliphatic rings. The van der Waals surface area contributed by atoms with Gasteiger partial charge in [-0.3, -0.25) is 9.59 Å². The van der Waals surface area contributed by atoms with Crippen molar-refractivity contribution in [3.63, 3.8) is 0 Å². The summed E-state index contributed by atoms with van der Waals surface area (Å²) in [7, 11) is 1.50. The molecule has 0 radical (unpaired) electrons. The first-order valence-electron chi connectivity index (χ1n) is 9.96. The fraction of sp³-hybridized carbons (Fsp3) is 0.160. The molecule has 0 aliphatic heterocycles. The van der Waals surface area contributed by atoms with Gasteiger partial charge in [0.05, 0.1) is 24.0 Å². The average molecular weight is 432 g/mol. The maximum atomic E-state index is 12.6. The van der Waals surface area contributed by atoms with Gasteiger partial charge in [-0.2, -0.15) is 0 Å². The maximum Gasteiger partial charge on any atom is 0.340 e. The largest absolute Gasteiger partial charge is 0.495 e. The number of methoxy groups -OCH3 is 1. The molecular weight excluding hydrogens is 408 g/mol. The van der Waals surface area contributed by atoms with Crippen molar-refractivity contribution in [1.29, 1.82) is 0 Å². The van der Waals surface area contributed by atoms with Gasteiger partial charge in [-0.15, -0.1) is 0 Å². The van der Waals surface area contributed by atoms with Crippen molar-refractivity contribution in [3.8, 4) is 5.75 Å².